The number of carbonyl (C=O) groups excluding carboxylic acids is 3. The summed E-state index contributed by atoms with van der Waals surface area (Å²) in [5.74, 6) is 6.65. The Hall–Kier alpha value is -3.34. The van der Waals surface area contributed by atoms with Crippen LogP contribution in [-0.4, -0.2) is 34.3 Å². The number of carbonyl (C=O) groups is 3. The molecule has 3 atom stereocenters. The van der Waals surface area contributed by atoms with Crippen LogP contribution in [0.1, 0.15) is 66.1 Å². The van der Waals surface area contributed by atoms with Crippen LogP contribution >= 0.6 is 23.1 Å². The molecule has 0 bridgehead atoms. The van der Waals surface area contributed by atoms with Crippen LogP contribution < -0.4 is 5.32 Å². The topological polar surface area (TPSA) is 66.5 Å². The predicted molar refractivity (Wildman–Crippen MR) is 160 cm³/mol. The first kappa shape index (κ1) is 28.7. The van der Waals surface area contributed by atoms with E-state index in [1.165, 1.54) is 48.4 Å². The lowest BCUT2D eigenvalue weighted by molar-refractivity contribution is -0.130. The Morgan fingerprint density at radius 2 is 1.92 bits per heavy atom. The van der Waals surface area contributed by atoms with Crippen LogP contribution in [0.4, 0.5) is 0 Å². The summed E-state index contributed by atoms with van der Waals surface area (Å²) in [6, 6.07) is 13.8. The highest BCUT2D eigenvalue weighted by Gasteiger charge is 2.42. The highest BCUT2D eigenvalue weighted by atomic mass is 32.2. The lowest BCUT2D eigenvalue weighted by atomic mass is 9.84. The van der Waals surface area contributed by atoms with E-state index in [-0.39, 0.29) is 29.7 Å². The molecule has 4 rings (SSSR count). The molecule has 1 saturated heterocycles. The lowest BCUT2D eigenvalue weighted by Crippen LogP contribution is -2.40. The number of thiophene rings is 1. The van der Waals surface area contributed by atoms with Crippen molar-refractivity contribution in [1.29, 1.82) is 0 Å². The van der Waals surface area contributed by atoms with Crippen molar-refractivity contribution < 1.29 is 14.4 Å². The number of rotatable bonds is 9. The van der Waals surface area contributed by atoms with Gasteiger partial charge in [-0.2, -0.15) is 0 Å². The minimum absolute atomic E-state index is 0.0933. The van der Waals surface area contributed by atoms with Gasteiger partial charge in [0.15, 0.2) is 0 Å². The Bertz CT molecular complexity index is 1300. The zero-order chi connectivity index (χ0) is 27.6. The number of aldehydes is 1. The van der Waals surface area contributed by atoms with Crippen LogP contribution in [-0.2, 0) is 14.4 Å². The number of thioether (sulfide) groups is 1. The molecule has 1 aromatic carbocycles. The van der Waals surface area contributed by atoms with Gasteiger partial charge in [-0.3, -0.25) is 14.4 Å². The standard InChI is InChI=1S/C32H34N2O3S2/c1-3-10-25(22-35)19-20-34-31(37)29(21-30(36)33-23(2)26-13-8-5-9-14-26)39-32(34)28-18-17-27(38-28)16-15-24-11-6-4-7-12-24/h3-4,6-7,10-12,17-20,22-23,26,29,32H,1,5,8-9,13-14,21H2,2H3,(H,33,36)/b20-19+,25-10+. The maximum absolute atomic E-state index is 13.5. The molecule has 1 saturated carbocycles. The second-order valence-electron chi connectivity index (χ2n) is 9.83. The third-order valence-electron chi connectivity index (χ3n) is 7.04. The van der Waals surface area contributed by atoms with Gasteiger partial charge in [0, 0.05) is 34.7 Å². The first-order valence-electron chi connectivity index (χ1n) is 13.4. The van der Waals surface area contributed by atoms with Gasteiger partial charge in [0.25, 0.3) is 0 Å². The Labute approximate surface area is 239 Å². The van der Waals surface area contributed by atoms with Gasteiger partial charge in [0.05, 0.1) is 10.1 Å². The van der Waals surface area contributed by atoms with Crippen LogP contribution in [0.3, 0.4) is 0 Å². The molecule has 1 aliphatic heterocycles. The van der Waals surface area contributed by atoms with Gasteiger partial charge in [-0.1, -0.05) is 68.0 Å². The second-order valence-corrected chi connectivity index (χ2v) is 12.2. The highest BCUT2D eigenvalue weighted by Crippen LogP contribution is 2.46. The van der Waals surface area contributed by atoms with Gasteiger partial charge in [-0.25, -0.2) is 0 Å². The average molecular weight is 559 g/mol. The van der Waals surface area contributed by atoms with E-state index in [0.29, 0.717) is 11.5 Å². The SMILES string of the molecule is C=C/C=C(C=O)\C=C\N1C(=O)C(CC(=O)NC(C)C2CCCCC2)SC1c1ccc(C#Cc2ccccc2)s1. The zero-order valence-electron chi connectivity index (χ0n) is 22.2. The molecule has 202 valence electrons. The minimum atomic E-state index is -0.512. The molecule has 1 aliphatic carbocycles. The Morgan fingerprint density at radius 3 is 2.64 bits per heavy atom. The van der Waals surface area contributed by atoms with Gasteiger partial charge in [0.2, 0.25) is 11.8 Å². The normalized spacial score (nSPS) is 20.9. The molecule has 1 N–H and O–H groups in total. The van der Waals surface area contributed by atoms with Crippen molar-refractivity contribution in [2.24, 2.45) is 5.92 Å². The minimum Gasteiger partial charge on any atom is -0.353 e. The third-order valence-corrected chi connectivity index (χ3v) is 9.68. The Balaban J connectivity index is 1.50. The van der Waals surface area contributed by atoms with E-state index in [0.717, 1.165) is 34.4 Å². The van der Waals surface area contributed by atoms with Gasteiger partial charge in [-0.05, 0) is 56.0 Å². The van der Waals surface area contributed by atoms with Crippen molar-refractivity contribution in [3.05, 3.63) is 94.4 Å². The molecule has 0 spiro atoms. The fraction of sp³-hybridized carbons (Fsp3) is 0.344. The summed E-state index contributed by atoms with van der Waals surface area (Å²) in [5, 5.41) is 2.33. The summed E-state index contributed by atoms with van der Waals surface area (Å²) in [6.07, 6.45) is 13.2. The largest absolute Gasteiger partial charge is 0.353 e. The highest BCUT2D eigenvalue weighted by molar-refractivity contribution is 8.01. The summed E-state index contributed by atoms with van der Waals surface area (Å²) in [4.78, 5) is 41.4. The summed E-state index contributed by atoms with van der Waals surface area (Å²) in [5.41, 5.74) is 1.34. The fourth-order valence-corrected chi connectivity index (χ4v) is 7.40. The van der Waals surface area contributed by atoms with E-state index >= 15 is 0 Å². The monoisotopic (exact) mass is 558 g/mol. The molecule has 2 amide bonds. The van der Waals surface area contributed by atoms with Crippen molar-refractivity contribution in [3.8, 4) is 11.8 Å². The van der Waals surface area contributed by atoms with Crippen LogP contribution in [0, 0.1) is 17.8 Å². The summed E-state index contributed by atoms with van der Waals surface area (Å²) in [6.45, 7) is 5.72. The average Bonchev–Trinajstić information content (AvgIpc) is 3.55. The van der Waals surface area contributed by atoms with Gasteiger partial charge >= 0.3 is 0 Å². The third kappa shape index (κ3) is 7.84. The number of nitrogens with zero attached hydrogens (tertiary/aromatic N) is 1. The Kier molecular flexibility index (Phi) is 10.4. The van der Waals surface area contributed by atoms with E-state index in [1.54, 1.807) is 23.3 Å². The molecule has 2 aromatic rings. The maximum atomic E-state index is 13.5. The Morgan fingerprint density at radius 1 is 1.15 bits per heavy atom. The van der Waals surface area contributed by atoms with Crippen molar-refractivity contribution in [2.75, 3.05) is 0 Å². The molecule has 5 nitrogen and oxygen atoms in total. The van der Waals surface area contributed by atoms with Crippen molar-refractivity contribution in [2.45, 2.75) is 62.1 Å². The summed E-state index contributed by atoms with van der Waals surface area (Å²) in [7, 11) is 0. The molecule has 2 heterocycles. The second kappa shape index (κ2) is 14.2. The maximum Gasteiger partial charge on any atom is 0.241 e. The molecular weight excluding hydrogens is 524 g/mol. The van der Waals surface area contributed by atoms with Gasteiger partial charge < -0.3 is 10.2 Å². The first-order valence-corrected chi connectivity index (χ1v) is 15.1. The smallest absolute Gasteiger partial charge is 0.241 e. The molecule has 2 aliphatic rings. The number of hydrogen-bond acceptors (Lipinski definition) is 5. The van der Waals surface area contributed by atoms with Crippen molar-refractivity contribution in [3.63, 3.8) is 0 Å². The predicted octanol–water partition coefficient (Wildman–Crippen LogP) is 6.39. The van der Waals surface area contributed by atoms with Crippen LogP contribution in [0.2, 0.25) is 0 Å². The number of allylic oxidation sites excluding steroid dienone is 4. The fourth-order valence-electron chi connectivity index (χ4n) is 4.93. The number of hydrogen-bond donors (Lipinski definition) is 1. The molecule has 7 heteroatoms. The van der Waals surface area contributed by atoms with Gasteiger partial charge in [0.1, 0.15) is 11.7 Å². The zero-order valence-corrected chi connectivity index (χ0v) is 23.8. The van der Waals surface area contributed by atoms with E-state index in [1.807, 2.05) is 42.5 Å². The molecule has 39 heavy (non-hydrogen) atoms. The molecule has 0 radical (unpaired) electrons. The van der Waals surface area contributed by atoms with E-state index < -0.39 is 5.25 Å². The number of benzene rings is 1. The van der Waals surface area contributed by atoms with Gasteiger partial charge in [-0.15, -0.1) is 23.1 Å². The van der Waals surface area contributed by atoms with Crippen molar-refractivity contribution in [1.82, 2.24) is 10.2 Å². The molecule has 1 aromatic heterocycles. The van der Waals surface area contributed by atoms with E-state index in [9.17, 15) is 14.4 Å². The van der Waals surface area contributed by atoms with Crippen molar-refractivity contribution >= 4 is 41.2 Å². The molecule has 2 fully saturated rings. The van der Waals surface area contributed by atoms with Crippen LogP contribution in [0.5, 0.6) is 0 Å². The summed E-state index contributed by atoms with van der Waals surface area (Å²) < 4.78 is 0. The van der Waals surface area contributed by atoms with E-state index in [2.05, 4.69) is 30.7 Å². The van der Waals surface area contributed by atoms with Crippen LogP contribution in [0.25, 0.3) is 0 Å². The first-order chi connectivity index (χ1) is 19.0. The molecule has 3 unspecified atom stereocenters. The number of nitrogens with one attached hydrogen (secondary N) is 1. The van der Waals surface area contributed by atoms with Crippen LogP contribution in [0.15, 0.2) is 79.0 Å². The molecular formula is C32H34N2O3S2. The number of amides is 2. The quantitative estimate of drug-likeness (QED) is 0.168. The summed E-state index contributed by atoms with van der Waals surface area (Å²) >= 11 is 3.00. The lowest BCUT2D eigenvalue weighted by Gasteiger charge is -2.28. The van der Waals surface area contributed by atoms with E-state index in [4.69, 9.17) is 0 Å².